The summed E-state index contributed by atoms with van der Waals surface area (Å²) in [5.74, 6) is 0.0655. The third-order valence-corrected chi connectivity index (χ3v) is 4.45. The van der Waals surface area contributed by atoms with E-state index in [-0.39, 0.29) is 10.6 Å². The van der Waals surface area contributed by atoms with Crippen molar-refractivity contribution in [3.05, 3.63) is 58.7 Å². The molecule has 116 valence electrons. The number of hydrazone groups is 1. The van der Waals surface area contributed by atoms with Crippen LogP contribution in [0.2, 0.25) is 0 Å². The molecule has 2 N–H and O–H groups in total. The first-order valence-corrected chi connectivity index (χ1v) is 8.19. The number of benzene rings is 2. The van der Waals surface area contributed by atoms with Crippen molar-refractivity contribution in [3.8, 4) is 5.75 Å². The summed E-state index contributed by atoms with van der Waals surface area (Å²) in [6.45, 7) is 5.57. The summed E-state index contributed by atoms with van der Waals surface area (Å²) in [7, 11) is -3.71. The van der Waals surface area contributed by atoms with E-state index in [2.05, 4.69) is 9.93 Å². The Bertz CT molecular complexity index is 787. The average Bonchev–Trinajstić information content (AvgIpc) is 2.42. The molecule has 22 heavy (non-hydrogen) atoms. The van der Waals surface area contributed by atoms with Gasteiger partial charge in [-0.05, 0) is 50.1 Å². The highest BCUT2D eigenvalue weighted by Crippen LogP contribution is 2.21. The van der Waals surface area contributed by atoms with Gasteiger partial charge in [-0.25, -0.2) is 4.83 Å². The first-order chi connectivity index (χ1) is 10.3. The fraction of sp³-hybridized carbons (Fsp3) is 0.188. The van der Waals surface area contributed by atoms with Gasteiger partial charge in [0.1, 0.15) is 5.75 Å². The summed E-state index contributed by atoms with van der Waals surface area (Å²) >= 11 is 0. The van der Waals surface area contributed by atoms with E-state index in [1.54, 1.807) is 18.2 Å². The highest BCUT2D eigenvalue weighted by Gasteiger charge is 2.12. The van der Waals surface area contributed by atoms with E-state index in [4.69, 9.17) is 0 Å². The van der Waals surface area contributed by atoms with Crippen molar-refractivity contribution in [2.45, 2.75) is 25.7 Å². The smallest absolute Gasteiger partial charge is 0.276 e. The molecule has 0 aliphatic carbocycles. The molecule has 0 unspecified atom stereocenters. The first kappa shape index (κ1) is 16.0. The molecule has 0 radical (unpaired) electrons. The van der Waals surface area contributed by atoms with Gasteiger partial charge in [0.05, 0.1) is 11.1 Å². The number of aromatic hydroxyl groups is 1. The SMILES string of the molecule is Cc1ccc(S(=O)(=O)N/N=C/c2c(C)cc(C)cc2O)cc1. The molecule has 0 heterocycles. The maximum absolute atomic E-state index is 12.1. The molecule has 2 aromatic carbocycles. The minimum Gasteiger partial charge on any atom is -0.507 e. The molecule has 5 nitrogen and oxygen atoms in total. The maximum Gasteiger partial charge on any atom is 0.276 e. The molecule has 2 rings (SSSR count). The molecule has 6 heteroatoms. The van der Waals surface area contributed by atoms with Gasteiger partial charge in [-0.2, -0.15) is 13.5 Å². The topological polar surface area (TPSA) is 78.8 Å². The summed E-state index contributed by atoms with van der Waals surface area (Å²) < 4.78 is 24.1. The van der Waals surface area contributed by atoms with Crippen LogP contribution in [0.15, 0.2) is 46.4 Å². The van der Waals surface area contributed by atoms with Crippen LogP contribution in [0, 0.1) is 20.8 Å². The van der Waals surface area contributed by atoms with Gasteiger partial charge in [0, 0.05) is 5.56 Å². The largest absolute Gasteiger partial charge is 0.507 e. The molecular formula is C16H18N2O3S. The monoisotopic (exact) mass is 318 g/mol. The number of nitrogens with zero attached hydrogens (tertiary/aromatic N) is 1. The molecule has 0 fully saturated rings. The zero-order valence-corrected chi connectivity index (χ0v) is 13.5. The van der Waals surface area contributed by atoms with Crippen LogP contribution in [-0.2, 0) is 10.0 Å². The second-order valence-electron chi connectivity index (χ2n) is 5.18. The lowest BCUT2D eigenvalue weighted by Gasteiger charge is -2.06. The number of phenols is 1. The number of rotatable bonds is 4. The number of aryl methyl sites for hydroxylation is 3. The Morgan fingerprint density at radius 2 is 1.68 bits per heavy atom. The average molecular weight is 318 g/mol. The highest BCUT2D eigenvalue weighted by molar-refractivity contribution is 7.89. The summed E-state index contributed by atoms with van der Waals surface area (Å²) in [5.41, 5.74) is 3.20. The van der Waals surface area contributed by atoms with Crippen LogP contribution in [0.3, 0.4) is 0 Å². The van der Waals surface area contributed by atoms with E-state index in [1.807, 2.05) is 26.8 Å². The van der Waals surface area contributed by atoms with Crippen LogP contribution in [0.4, 0.5) is 0 Å². The number of nitrogens with one attached hydrogen (secondary N) is 1. The van der Waals surface area contributed by atoms with Crippen molar-refractivity contribution < 1.29 is 13.5 Å². The fourth-order valence-corrected chi connectivity index (χ4v) is 2.85. The predicted molar refractivity (Wildman–Crippen MR) is 86.7 cm³/mol. The van der Waals surface area contributed by atoms with Gasteiger partial charge in [-0.1, -0.05) is 23.8 Å². The van der Waals surface area contributed by atoms with Crippen LogP contribution in [0.25, 0.3) is 0 Å². The number of sulfonamides is 1. The van der Waals surface area contributed by atoms with E-state index in [1.165, 1.54) is 18.3 Å². The molecule has 0 aliphatic heterocycles. The van der Waals surface area contributed by atoms with E-state index >= 15 is 0 Å². The zero-order valence-electron chi connectivity index (χ0n) is 12.7. The molecule has 0 saturated heterocycles. The molecule has 0 bridgehead atoms. The summed E-state index contributed by atoms with van der Waals surface area (Å²) in [6.07, 6.45) is 1.30. The van der Waals surface area contributed by atoms with Crippen molar-refractivity contribution in [2.75, 3.05) is 0 Å². The molecule has 0 amide bonds. The van der Waals surface area contributed by atoms with Gasteiger partial charge < -0.3 is 5.11 Å². The van der Waals surface area contributed by atoms with Crippen LogP contribution in [0.1, 0.15) is 22.3 Å². The van der Waals surface area contributed by atoms with E-state index in [0.29, 0.717) is 5.56 Å². The van der Waals surface area contributed by atoms with Gasteiger partial charge >= 0.3 is 0 Å². The number of hydrogen-bond donors (Lipinski definition) is 2. The summed E-state index contributed by atoms with van der Waals surface area (Å²) in [4.78, 5) is 2.28. The van der Waals surface area contributed by atoms with Crippen LogP contribution < -0.4 is 4.83 Å². The normalized spacial score (nSPS) is 11.8. The van der Waals surface area contributed by atoms with Gasteiger partial charge in [0.25, 0.3) is 10.0 Å². The number of hydrogen-bond acceptors (Lipinski definition) is 4. The van der Waals surface area contributed by atoms with Crippen molar-refractivity contribution in [2.24, 2.45) is 5.10 Å². The molecular weight excluding hydrogens is 300 g/mol. The van der Waals surface area contributed by atoms with Gasteiger partial charge in [0.2, 0.25) is 0 Å². The molecule has 0 aromatic heterocycles. The predicted octanol–water partition coefficient (Wildman–Crippen LogP) is 2.63. The van der Waals surface area contributed by atoms with Crippen molar-refractivity contribution >= 4 is 16.2 Å². The van der Waals surface area contributed by atoms with Crippen LogP contribution in [-0.4, -0.2) is 19.7 Å². The second kappa shape index (κ2) is 6.19. The second-order valence-corrected chi connectivity index (χ2v) is 6.84. The van der Waals surface area contributed by atoms with Crippen molar-refractivity contribution in [1.82, 2.24) is 4.83 Å². The Balaban J connectivity index is 2.20. The standard InChI is InChI=1S/C16H18N2O3S/c1-11-4-6-14(7-5-11)22(20,21)18-17-10-15-13(3)8-12(2)9-16(15)19/h4-10,18-19H,1-3H3/b17-10+. The minimum absolute atomic E-state index is 0.0655. The van der Waals surface area contributed by atoms with Gasteiger partial charge in [0.15, 0.2) is 0 Å². The third-order valence-electron chi connectivity index (χ3n) is 3.21. The van der Waals surface area contributed by atoms with E-state index in [9.17, 15) is 13.5 Å². The summed E-state index contributed by atoms with van der Waals surface area (Å²) in [5, 5.41) is 13.6. The minimum atomic E-state index is -3.71. The fourth-order valence-electron chi connectivity index (χ4n) is 2.05. The molecule has 0 spiro atoms. The Morgan fingerprint density at radius 1 is 1.05 bits per heavy atom. The van der Waals surface area contributed by atoms with Crippen molar-refractivity contribution in [3.63, 3.8) is 0 Å². The lowest BCUT2D eigenvalue weighted by Crippen LogP contribution is -2.18. The molecule has 0 atom stereocenters. The van der Waals surface area contributed by atoms with Gasteiger partial charge in [-0.15, -0.1) is 0 Å². The van der Waals surface area contributed by atoms with E-state index in [0.717, 1.165) is 16.7 Å². The van der Waals surface area contributed by atoms with E-state index < -0.39 is 10.0 Å². The highest BCUT2D eigenvalue weighted by atomic mass is 32.2. The van der Waals surface area contributed by atoms with Crippen molar-refractivity contribution in [1.29, 1.82) is 0 Å². The molecule has 0 saturated carbocycles. The summed E-state index contributed by atoms with van der Waals surface area (Å²) in [6, 6.07) is 9.95. The molecule has 2 aromatic rings. The lowest BCUT2D eigenvalue weighted by molar-refractivity contribution is 0.473. The Kier molecular flexibility index (Phi) is 4.51. The van der Waals surface area contributed by atoms with Crippen LogP contribution >= 0.6 is 0 Å². The lowest BCUT2D eigenvalue weighted by atomic mass is 10.1. The first-order valence-electron chi connectivity index (χ1n) is 6.71. The maximum atomic E-state index is 12.1. The number of phenolic OH excluding ortho intramolecular Hbond substituents is 1. The third kappa shape index (κ3) is 3.65. The Morgan fingerprint density at radius 3 is 2.27 bits per heavy atom. The van der Waals surface area contributed by atoms with Gasteiger partial charge in [-0.3, -0.25) is 0 Å². The Labute approximate surface area is 130 Å². The zero-order chi connectivity index (χ0) is 16.3. The van der Waals surface area contributed by atoms with Crippen LogP contribution in [0.5, 0.6) is 5.75 Å². The Hall–Kier alpha value is -2.34. The molecule has 0 aliphatic rings. The quantitative estimate of drug-likeness (QED) is 0.672.